The minimum absolute atomic E-state index is 0.0559. The van der Waals surface area contributed by atoms with Gasteiger partial charge in [-0.05, 0) is 74.4 Å². The first-order valence-corrected chi connectivity index (χ1v) is 16.4. The molecular weight excluding hydrogens is 606 g/mol. The summed E-state index contributed by atoms with van der Waals surface area (Å²) in [5.41, 5.74) is 5.37. The number of imidazole rings is 1. The van der Waals surface area contributed by atoms with Crippen molar-refractivity contribution in [3.8, 4) is 17.1 Å². The second kappa shape index (κ2) is 10.3. The number of rotatable bonds is 8. The maximum Gasteiger partial charge on any atom is 0.240 e. The summed E-state index contributed by atoms with van der Waals surface area (Å²) in [5, 5.41) is 3.48. The lowest BCUT2D eigenvalue weighted by Gasteiger charge is -2.17. The van der Waals surface area contributed by atoms with Crippen molar-refractivity contribution < 1.29 is 16.8 Å². The van der Waals surface area contributed by atoms with Crippen LogP contribution in [0.3, 0.4) is 0 Å². The molecular formula is C25H30BrN7O4S2. The van der Waals surface area contributed by atoms with E-state index in [0.29, 0.717) is 36.5 Å². The highest BCUT2D eigenvalue weighted by Crippen LogP contribution is 2.34. The Morgan fingerprint density at radius 3 is 2.67 bits per heavy atom. The summed E-state index contributed by atoms with van der Waals surface area (Å²) >= 11 is 3.58. The number of aromatic amines is 1. The fraction of sp³-hybridized carbons (Fsp3) is 0.360. The first-order valence-electron chi connectivity index (χ1n) is 12.5. The molecule has 1 fully saturated rings. The van der Waals surface area contributed by atoms with Crippen molar-refractivity contribution in [2.24, 2.45) is 0 Å². The number of hydrogen-bond donors (Lipinski definition) is 3. The zero-order valence-electron chi connectivity index (χ0n) is 22.0. The van der Waals surface area contributed by atoms with Crippen LogP contribution in [-0.4, -0.2) is 72.6 Å². The van der Waals surface area contributed by atoms with E-state index in [0.717, 1.165) is 32.8 Å². The molecule has 11 nitrogen and oxygen atoms in total. The summed E-state index contributed by atoms with van der Waals surface area (Å²) in [4.78, 5) is 12.9. The number of fused-ring (bicyclic) bond motifs is 1. The molecule has 1 saturated heterocycles. The SMILES string of the molecule is CCS(=O)(=O)N1CC[C@H](Nc2c(Br)cnc3[nH]c(-c4cc(C)n(-c5cccc(S(=O)(=O)NC)c5)c4C)nc23)C1. The third-order valence-electron chi connectivity index (χ3n) is 7.07. The number of anilines is 1. The highest BCUT2D eigenvalue weighted by atomic mass is 79.9. The first kappa shape index (κ1) is 27.8. The van der Waals surface area contributed by atoms with Gasteiger partial charge in [0.15, 0.2) is 5.65 Å². The molecule has 0 aliphatic carbocycles. The van der Waals surface area contributed by atoms with E-state index in [1.807, 2.05) is 30.5 Å². The number of benzene rings is 1. The van der Waals surface area contributed by atoms with E-state index >= 15 is 0 Å². The van der Waals surface area contributed by atoms with Crippen molar-refractivity contribution >= 4 is 52.8 Å². The van der Waals surface area contributed by atoms with Crippen LogP contribution in [0.4, 0.5) is 5.69 Å². The van der Waals surface area contributed by atoms with Gasteiger partial charge in [0.1, 0.15) is 11.3 Å². The van der Waals surface area contributed by atoms with Crippen LogP contribution in [0.15, 0.2) is 45.9 Å². The van der Waals surface area contributed by atoms with Gasteiger partial charge >= 0.3 is 0 Å². The Labute approximate surface area is 236 Å². The molecule has 1 aliphatic rings. The lowest BCUT2D eigenvalue weighted by Crippen LogP contribution is -2.32. The average Bonchev–Trinajstić information content (AvgIpc) is 3.63. The Balaban J connectivity index is 1.51. The molecule has 0 spiro atoms. The molecule has 0 bridgehead atoms. The standard InChI is InChI=1S/C25H30BrN7O4S2/c1-5-38(34,35)32-10-9-17(14-32)29-22-21(26)13-28-25-23(22)30-24(31-25)20-11-15(2)33(16(20)3)18-7-6-8-19(12-18)39(36,37)27-4/h6-8,11-13,17,27H,5,9-10,14H2,1-4H3,(H2,28,29,30,31)/t17-/m0/s1. The zero-order chi connectivity index (χ0) is 28.1. The molecule has 3 N–H and O–H groups in total. The maximum absolute atomic E-state index is 12.4. The average molecular weight is 637 g/mol. The third kappa shape index (κ3) is 5.11. The van der Waals surface area contributed by atoms with Gasteiger partial charge in [0.25, 0.3) is 0 Å². The highest BCUT2D eigenvalue weighted by Gasteiger charge is 2.31. The van der Waals surface area contributed by atoms with E-state index in [4.69, 9.17) is 4.98 Å². The number of nitrogens with one attached hydrogen (secondary N) is 3. The Hall–Kier alpha value is -2.78. The van der Waals surface area contributed by atoms with Gasteiger partial charge in [0.05, 0.1) is 20.8 Å². The van der Waals surface area contributed by atoms with Crippen molar-refractivity contribution in [2.75, 3.05) is 31.2 Å². The molecule has 0 unspecified atom stereocenters. The number of H-pyrrole nitrogens is 1. The molecule has 0 amide bonds. The molecule has 208 valence electrons. The van der Waals surface area contributed by atoms with Gasteiger partial charge in [0.2, 0.25) is 20.0 Å². The van der Waals surface area contributed by atoms with Crippen LogP contribution in [0.25, 0.3) is 28.2 Å². The van der Waals surface area contributed by atoms with E-state index in [2.05, 4.69) is 35.9 Å². The van der Waals surface area contributed by atoms with Gasteiger partial charge in [-0.2, -0.15) is 4.31 Å². The Kier molecular flexibility index (Phi) is 7.35. The summed E-state index contributed by atoms with van der Waals surface area (Å²) in [5.74, 6) is 0.707. The predicted octanol–water partition coefficient (Wildman–Crippen LogP) is 3.54. The normalized spacial score (nSPS) is 16.8. The monoisotopic (exact) mass is 635 g/mol. The van der Waals surface area contributed by atoms with E-state index in [1.54, 1.807) is 31.3 Å². The molecule has 1 atom stereocenters. The minimum atomic E-state index is -3.59. The Morgan fingerprint density at radius 1 is 1.18 bits per heavy atom. The van der Waals surface area contributed by atoms with E-state index < -0.39 is 20.0 Å². The van der Waals surface area contributed by atoms with Gasteiger partial charge in [0, 0.05) is 48.0 Å². The molecule has 3 aromatic heterocycles. The number of hydrogen-bond acceptors (Lipinski definition) is 7. The summed E-state index contributed by atoms with van der Waals surface area (Å²) in [6.07, 6.45) is 2.38. The van der Waals surface area contributed by atoms with Gasteiger partial charge in [-0.25, -0.2) is 31.5 Å². The van der Waals surface area contributed by atoms with Crippen LogP contribution in [0.1, 0.15) is 24.7 Å². The second-order valence-corrected chi connectivity index (χ2v) is 14.5. The zero-order valence-corrected chi connectivity index (χ0v) is 25.2. The molecule has 0 saturated carbocycles. The molecule has 4 heterocycles. The molecule has 5 rings (SSSR count). The largest absolute Gasteiger partial charge is 0.378 e. The van der Waals surface area contributed by atoms with Crippen LogP contribution in [0.2, 0.25) is 0 Å². The summed E-state index contributed by atoms with van der Waals surface area (Å²) < 4.78 is 56.0. The third-order valence-corrected chi connectivity index (χ3v) is 10.9. The molecule has 14 heteroatoms. The van der Waals surface area contributed by atoms with Crippen LogP contribution in [0.5, 0.6) is 0 Å². The smallest absolute Gasteiger partial charge is 0.240 e. The molecule has 0 radical (unpaired) electrons. The van der Waals surface area contributed by atoms with Gasteiger partial charge < -0.3 is 14.9 Å². The molecule has 4 aromatic rings. The first-order chi connectivity index (χ1) is 18.4. The number of pyridine rings is 1. The van der Waals surface area contributed by atoms with Gasteiger partial charge in [-0.1, -0.05) is 6.07 Å². The topological polar surface area (TPSA) is 142 Å². The predicted molar refractivity (Wildman–Crippen MR) is 155 cm³/mol. The Bertz CT molecular complexity index is 1780. The van der Waals surface area contributed by atoms with Crippen molar-refractivity contribution in [3.05, 3.63) is 52.4 Å². The summed E-state index contributed by atoms with van der Waals surface area (Å²) in [6.45, 7) is 6.44. The van der Waals surface area contributed by atoms with Gasteiger partial charge in [-0.3, -0.25) is 0 Å². The fourth-order valence-electron chi connectivity index (χ4n) is 4.99. The maximum atomic E-state index is 12.4. The lowest BCUT2D eigenvalue weighted by molar-refractivity contribution is 0.476. The van der Waals surface area contributed by atoms with Crippen molar-refractivity contribution in [2.45, 2.75) is 38.1 Å². The number of sulfonamides is 2. The quantitative estimate of drug-likeness (QED) is 0.269. The Morgan fingerprint density at radius 2 is 1.95 bits per heavy atom. The number of aryl methyl sites for hydroxylation is 1. The summed E-state index contributed by atoms with van der Waals surface area (Å²) in [7, 11) is -5.44. The molecule has 1 aromatic carbocycles. The number of aromatic nitrogens is 4. The second-order valence-electron chi connectivity index (χ2n) is 9.48. The van der Waals surface area contributed by atoms with Crippen LogP contribution < -0.4 is 10.0 Å². The van der Waals surface area contributed by atoms with Crippen LogP contribution >= 0.6 is 15.9 Å². The lowest BCUT2D eigenvalue weighted by atomic mass is 10.2. The van der Waals surface area contributed by atoms with Crippen molar-refractivity contribution in [1.29, 1.82) is 0 Å². The highest BCUT2D eigenvalue weighted by molar-refractivity contribution is 9.10. The van der Waals surface area contributed by atoms with E-state index in [9.17, 15) is 16.8 Å². The van der Waals surface area contributed by atoms with E-state index in [-0.39, 0.29) is 16.7 Å². The van der Waals surface area contributed by atoms with E-state index in [1.165, 1.54) is 11.4 Å². The number of halogens is 1. The van der Waals surface area contributed by atoms with Gasteiger partial charge in [-0.15, -0.1) is 0 Å². The van der Waals surface area contributed by atoms with Crippen molar-refractivity contribution in [1.82, 2.24) is 28.5 Å². The minimum Gasteiger partial charge on any atom is -0.378 e. The molecule has 1 aliphatic heterocycles. The number of nitrogens with zero attached hydrogens (tertiary/aromatic N) is 4. The van der Waals surface area contributed by atoms with Crippen LogP contribution in [-0.2, 0) is 20.0 Å². The van der Waals surface area contributed by atoms with Crippen LogP contribution in [0, 0.1) is 13.8 Å². The summed E-state index contributed by atoms with van der Waals surface area (Å²) in [6, 6.07) is 8.72. The van der Waals surface area contributed by atoms with Crippen molar-refractivity contribution in [3.63, 3.8) is 0 Å². The molecule has 39 heavy (non-hydrogen) atoms. The fourth-order valence-corrected chi connectivity index (χ4v) is 7.32.